The van der Waals surface area contributed by atoms with Crippen molar-refractivity contribution in [1.82, 2.24) is 5.32 Å². The minimum absolute atomic E-state index is 0.363. The first-order valence-corrected chi connectivity index (χ1v) is 7.80. The molecule has 1 aromatic carbocycles. The van der Waals surface area contributed by atoms with Gasteiger partial charge in [0.05, 0.1) is 0 Å². The van der Waals surface area contributed by atoms with Crippen LogP contribution in [-0.4, -0.2) is 13.6 Å². The molecule has 0 aromatic heterocycles. The number of hydrogen-bond donors (Lipinski definition) is 1. The lowest BCUT2D eigenvalue weighted by atomic mass is 9.48. The van der Waals surface area contributed by atoms with E-state index in [0.717, 1.165) is 6.54 Å². The van der Waals surface area contributed by atoms with Crippen LogP contribution in [0.1, 0.15) is 45.1 Å². The molecule has 0 aliphatic heterocycles. The molecule has 0 atom stereocenters. The van der Waals surface area contributed by atoms with Crippen LogP contribution in [0.2, 0.25) is 0 Å². The van der Waals surface area contributed by atoms with Gasteiger partial charge in [0, 0.05) is 16.4 Å². The molecule has 1 aromatic rings. The SMILES string of the molecule is CCC1(CC)CC(CNC)(c2ccc(Br)cc2)C1. The predicted octanol–water partition coefficient (Wildman–Crippen LogP) is 4.51. The van der Waals surface area contributed by atoms with Crippen LogP contribution in [0.4, 0.5) is 0 Å². The van der Waals surface area contributed by atoms with E-state index in [1.165, 1.54) is 35.7 Å². The van der Waals surface area contributed by atoms with E-state index in [1.807, 2.05) is 0 Å². The lowest BCUT2D eigenvalue weighted by Gasteiger charge is -2.57. The third-order valence-corrected chi connectivity index (χ3v) is 5.43. The van der Waals surface area contributed by atoms with Crippen LogP contribution >= 0.6 is 15.9 Å². The van der Waals surface area contributed by atoms with Crippen molar-refractivity contribution in [2.45, 2.75) is 44.9 Å². The second-order valence-electron chi connectivity index (χ2n) is 5.88. The fourth-order valence-corrected chi connectivity index (χ4v) is 3.97. The normalized spacial score (nSPS) is 20.4. The van der Waals surface area contributed by atoms with Gasteiger partial charge in [-0.15, -0.1) is 0 Å². The highest BCUT2D eigenvalue weighted by atomic mass is 79.9. The zero-order valence-corrected chi connectivity index (χ0v) is 13.3. The minimum Gasteiger partial charge on any atom is -0.319 e. The molecule has 2 heteroatoms. The maximum absolute atomic E-state index is 3.53. The van der Waals surface area contributed by atoms with Crippen LogP contribution in [0.5, 0.6) is 0 Å². The van der Waals surface area contributed by atoms with Gasteiger partial charge in [-0.3, -0.25) is 0 Å². The van der Waals surface area contributed by atoms with Gasteiger partial charge < -0.3 is 5.32 Å². The molecule has 2 rings (SSSR count). The fourth-order valence-electron chi connectivity index (χ4n) is 3.71. The Balaban J connectivity index is 2.23. The maximum atomic E-state index is 3.53. The van der Waals surface area contributed by atoms with E-state index in [4.69, 9.17) is 0 Å². The topological polar surface area (TPSA) is 12.0 Å². The van der Waals surface area contributed by atoms with E-state index in [2.05, 4.69) is 66.4 Å². The first kappa shape index (κ1) is 14.1. The van der Waals surface area contributed by atoms with Crippen molar-refractivity contribution in [3.63, 3.8) is 0 Å². The molecular formula is C16H24BrN. The lowest BCUT2D eigenvalue weighted by molar-refractivity contribution is 0.0140. The Bertz CT molecular complexity index is 384. The molecule has 0 radical (unpaired) electrons. The van der Waals surface area contributed by atoms with Crippen LogP contribution in [0.15, 0.2) is 28.7 Å². The summed E-state index contributed by atoms with van der Waals surface area (Å²) >= 11 is 3.53. The van der Waals surface area contributed by atoms with E-state index in [9.17, 15) is 0 Å². The maximum Gasteiger partial charge on any atom is 0.0175 e. The van der Waals surface area contributed by atoms with Crippen molar-refractivity contribution in [2.75, 3.05) is 13.6 Å². The number of rotatable bonds is 5. The Labute approximate surface area is 119 Å². The number of halogens is 1. The summed E-state index contributed by atoms with van der Waals surface area (Å²) in [6.07, 6.45) is 5.28. The quantitative estimate of drug-likeness (QED) is 0.844. The highest BCUT2D eigenvalue weighted by molar-refractivity contribution is 9.10. The van der Waals surface area contributed by atoms with Gasteiger partial charge in [-0.2, -0.15) is 0 Å². The summed E-state index contributed by atoms with van der Waals surface area (Å²) in [7, 11) is 2.07. The largest absolute Gasteiger partial charge is 0.319 e. The summed E-state index contributed by atoms with van der Waals surface area (Å²) in [5.41, 5.74) is 2.45. The Hall–Kier alpha value is -0.340. The van der Waals surface area contributed by atoms with Gasteiger partial charge in [-0.25, -0.2) is 0 Å². The number of likely N-dealkylation sites (N-methyl/N-ethyl adjacent to an activating group) is 1. The summed E-state index contributed by atoms with van der Waals surface area (Å²) in [5, 5.41) is 3.40. The van der Waals surface area contributed by atoms with Gasteiger partial charge in [-0.1, -0.05) is 54.8 Å². The molecule has 1 fully saturated rings. The third kappa shape index (κ3) is 2.37. The molecule has 1 N–H and O–H groups in total. The molecule has 1 saturated carbocycles. The van der Waals surface area contributed by atoms with Gasteiger partial charge in [0.25, 0.3) is 0 Å². The molecule has 0 amide bonds. The van der Waals surface area contributed by atoms with Gasteiger partial charge in [-0.05, 0) is 43.0 Å². The molecule has 1 nitrogen and oxygen atoms in total. The monoisotopic (exact) mass is 309 g/mol. The lowest BCUT2D eigenvalue weighted by Crippen LogP contribution is -2.53. The van der Waals surface area contributed by atoms with Gasteiger partial charge in [0.2, 0.25) is 0 Å². The minimum atomic E-state index is 0.363. The van der Waals surface area contributed by atoms with Crippen molar-refractivity contribution in [3.05, 3.63) is 34.3 Å². The highest BCUT2D eigenvalue weighted by Crippen LogP contribution is 2.58. The van der Waals surface area contributed by atoms with Crippen molar-refractivity contribution < 1.29 is 0 Å². The predicted molar refractivity (Wildman–Crippen MR) is 82.0 cm³/mol. The van der Waals surface area contributed by atoms with Gasteiger partial charge >= 0.3 is 0 Å². The first-order valence-electron chi connectivity index (χ1n) is 7.00. The highest BCUT2D eigenvalue weighted by Gasteiger charge is 2.52. The van der Waals surface area contributed by atoms with Crippen LogP contribution < -0.4 is 5.32 Å². The molecular weight excluding hydrogens is 286 g/mol. The smallest absolute Gasteiger partial charge is 0.0175 e. The Kier molecular flexibility index (Phi) is 4.18. The molecule has 100 valence electrons. The molecule has 1 aliphatic carbocycles. The summed E-state index contributed by atoms with van der Waals surface area (Å²) in [6, 6.07) is 8.92. The Morgan fingerprint density at radius 3 is 2.11 bits per heavy atom. The van der Waals surface area contributed by atoms with E-state index in [0.29, 0.717) is 10.8 Å². The van der Waals surface area contributed by atoms with Crippen LogP contribution in [0.25, 0.3) is 0 Å². The third-order valence-electron chi connectivity index (χ3n) is 4.90. The summed E-state index contributed by atoms with van der Waals surface area (Å²) < 4.78 is 1.17. The van der Waals surface area contributed by atoms with E-state index in [-0.39, 0.29) is 0 Å². The average molecular weight is 310 g/mol. The molecule has 0 saturated heterocycles. The second kappa shape index (κ2) is 5.34. The second-order valence-corrected chi connectivity index (χ2v) is 6.79. The van der Waals surface area contributed by atoms with Crippen LogP contribution in [0, 0.1) is 5.41 Å². The Morgan fingerprint density at radius 1 is 1.11 bits per heavy atom. The zero-order valence-electron chi connectivity index (χ0n) is 11.7. The molecule has 1 aliphatic rings. The standard InChI is InChI=1S/C16H24BrN/c1-4-15(5-2)10-16(11-15,12-18-3)13-6-8-14(17)9-7-13/h6-9,18H,4-5,10-12H2,1-3H3. The van der Waals surface area contributed by atoms with E-state index in [1.54, 1.807) is 0 Å². The van der Waals surface area contributed by atoms with Crippen LogP contribution in [-0.2, 0) is 5.41 Å². The van der Waals surface area contributed by atoms with Gasteiger partial charge in [0.15, 0.2) is 0 Å². The number of nitrogens with one attached hydrogen (secondary N) is 1. The molecule has 18 heavy (non-hydrogen) atoms. The van der Waals surface area contributed by atoms with Crippen molar-refractivity contribution in [1.29, 1.82) is 0 Å². The summed E-state index contributed by atoms with van der Waals surface area (Å²) in [6.45, 7) is 5.78. The molecule has 0 bridgehead atoms. The molecule has 0 spiro atoms. The van der Waals surface area contributed by atoms with Crippen LogP contribution in [0.3, 0.4) is 0 Å². The number of benzene rings is 1. The van der Waals surface area contributed by atoms with E-state index >= 15 is 0 Å². The first-order chi connectivity index (χ1) is 8.60. The zero-order chi connectivity index (χ0) is 13.2. The summed E-state index contributed by atoms with van der Waals surface area (Å²) in [5.74, 6) is 0. The van der Waals surface area contributed by atoms with Gasteiger partial charge in [0.1, 0.15) is 0 Å². The molecule has 0 heterocycles. The summed E-state index contributed by atoms with van der Waals surface area (Å²) in [4.78, 5) is 0. The van der Waals surface area contributed by atoms with Crippen molar-refractivity contribution in [2.24, 2.45) is 5.41 Å². The van der Waals surface area contributed by atoms with Crippen molar-refractivity contribution in [3.8, 4) is 0 Å². The molecule has 0 unspecified atom stereocenters. The Morgan fingerprint density at radius 2 is 1.67 bits per heavy atom. The fraction of sp³-hybridized carbons (Fsp3) is 0.625. The van der Waals surface area contributed by atoms with E-state index < -0.39 is 0 Å². The average Bonchev–Trinajstić information content (AvgIpc) is 2.35. The number of hydrogen-bond acceptors (Lipinski definition) is 1. The van der Waals surface area contributed by atoms with Crippen molar-refractivity contribution >= 4 is 15.9 Å².